The first-order valence-electron chi connectivity index (χ1n) is 19.2. The molecule has 0 aliphatic rings. The Morgan fingerprint density at radius 1 is 0.281 bits per heavy atom. The Morgan fingerprint density at radius 2 is 0.807 bits per heavy atom. The maximum absolute atomic E-state index is 7.10. The highest BCUT2D eigenvalue weighted by atomic mass is 16.3. The standard InChI is InChI=1S/C52H32N2O3/c1-3-14-34(15-4-1)53(35-16-5-2-6-17-35)44-28-27-43(51-50-38-18-8-7-13-33(38)23-29-48(50)57-52(44)51)54(36-25-30-47-42(31-36)40-20-10-12-22-46(40)55-47)37-24-26-41-39-19-9-11-21-45(39)56-49(41)32-37/h1-32H. The van der Waals surface area contributed by atoms with Gasteiger partial charge >= 0.3 is 0 Å². The van der Waals surface area contributed by atoms with Crippen LogP contribution in [0.4, 0.5) is 34.1 Å². The van der Waals surface area contributed by atoms with E-state index in [0.29, 0.717) is 0 Å². The van der Waals surface area contributed by atoms with Crippen LogP contribution in [0.15, 0.2) is 207 Å². The van der Waals surface area contributed by atoms with E-state index in [1.807, 2.05) is 24.3 Å². The number of rotatable bonds is 6. The third-order valence-corrected chi connectivity index (χ3v) is 11.2. The van der Waals surface area contributed by atoms with Crippen LogP contribution in [0.1, 0.15) is 0 Å². The fourth-order valence-electron chi connectivity index (χ4n) is 8.69. The molecule has 0 aliphatic heterocycles. The molecule has 0 fully saturated rings. The fourth-order valence-corrected chi connectivity index (χ4v) is 8.69. The third-order valence-electron chi connectivity index (χ3n) is 11.2. The van der Waals surface area contributed by atoms with Gasteiger partial charge < -0.3 is 23.1 Å². The second kappa shape index (κ2) is 12.4. The SMILES string of the molecule is c1ccc(N(c2ccccc2)c2ccc(N(c3ccc4c(c3)oc3ccccc34)c3ccc4oc5ccccc5c4c3)c3c2oc2ccc4ccccc4c23)cc1. The lowest BCUT2D eigenvalue weighted by Gasteiger charge is -2.29. The van der Waals surface area contributed by atoms with Crippen molar-refractivity contribution in [3.63, 3.8) is 0 Å². The molecular formula is C52H32N2O3. The number of furan rings is 3. The Balaban J connectivity index is 1.20. The van der Waals surface area contributed by atoms with Gasteiger partial charge in [-0.2, -0.15) is 0 Å². The van der Waals surface area contributed by atoms with Gasteiger partial charge in [-0.25, -0.2) is 0 Å². The number of anilines is 6. The molecule has 9 aromatic carbocycles. The molecule has 0 spiro atoms. The van der Waals surface area contributed by atoms with E-state index in [4.69, 9.17) is 13.3 Å². The Labute approximate surface area is 326 Å². The monoisotopic (exact) mass is 732 g/mol. The minimum Gasteiger partial charge on any atom is -0.456 e. The van der Waals surface area contributed by atoms with Crippen molar-refractivity contribution >= 4 is 111 Å². The Bertz CT molecular complexity index is 3450. The summed E-state index contributed by atoms with van der Waals surface area (Å²) in [6.45, 7) is 0. The van der Waals surface area contributed by atoms with Crippen molar-refractivity contribution in [3.8, 4) is 0 Å². The third kappa shape index (κ3) is 4.89. The molecule has 0 bridgehead atoms. The van der Waals surface area contributed by atoms with Gasteiger partial charge in [0.2, 0.25) is 0 Å². The van der Waals surface area contributed by atoms with Crippen LogP contribution in [0.5, 0.6) is 0 Å². The molecular weight excluding hydrogens is 701 g/mol. The summed E-state index contributed by atoms with van der Waals surface area (Å²) in [4.78, 5) is 4.62. The van der Waals surface area contributed by atoms with Crippen molar-refractivity contribution in [1.82, 2.24) is 0 Å². The van der Waals surface area contributed by atoms with Crippen molar-refractivity contribution in [3.05, 3.63) is 194 Å². The van der Waals surface area contributed by atoms with Gasteiger partial charge in [0.1, 0.15) is 27.9 Å². The topological polar surface area (TPSA) is 45.9 Å². The number of benzene rings is 9. The van der Waals surface area contributed by atoms with Crippen LogP contribution in [0.2, 0.25) is 0 Å². The van der Waals surface area contributed by atoms with Crippen LogP contribution in [-0.2, 0) is 0 Å². The first kappa shape index (κ1) is 31.6. The molecule has 0 atom stereocenters. The van der Waals surface area contributed by atoms with Gasteiger partial charge in [0.05, 0.1) is 16.8 Å². The summed E-state index contributed by atoms with van der Waals surface area (Å²) in [6.07, 6.45) is 0. The molecule has 3 heterocycles. The molecule has 12 rings (SSSR count). The second-order valence-electron chi connectivity index (χ2n) is 14.5. The molecule has 5 heteroatoms. The Morgan fingerprint density at radius 3 is 1.56 bits per heavy atom. The molecule has 0 amide bonds. The van der Waals surface area contributed by atoms with E-state index in [-0.39, 0.29) is 0 Å². The van der Waals surface area contributed by atoms with Crippen molar-refractivity contribution in [2.45, 2.75) is 0 Å². The van der Waals surface area contributed by atoms with Crippen LogP contribution in [0, 0.1) is 0 Å². The van der Waals surface area contributed by atoms with Crippen LogP contribution in [0.3, 0.4) is 0 Å². The largest absolute Gasteiger partial charge is 0.456 e. The van der Waals surface area contributed by atoms with E-state index in [2.05, 4.69) is 180 Å². The number of hydrogen-bond acceptors (Lipinski definition) is 5. The van der Waals surface area contributed by atoms with E-state index >= 15 is 0 Å². The molecule has 0 N–H and O–H groups in total. The normalized spacial score (nSPS) is 11.9. The van der Waals surface area contributed by atoms with E-state index in [0.717, 1.165) is 111 Å². The molecule has 5 nitrogen and oxygen atoms in total. The van der Waals surface area contributed by atoms with Gasteiger partial charge in [-0.05, 0) is 95.7 Å². The van der Waals surface area contributed by atoms with Gasteiger partial charge in [0, 0.05) is 55.7 Å². The quantitative estimate of drug-likeness (QED) is 0.170. The number of fused-ring (bicyclic) bond motifs is 11. The molecule has 0 radical (unpaired) electrons. The van der Waals surface area contributed by atoms with Gasteiger partial charge in [-0.15, -0.1) is 0 Å². The van der Waals surface area contributed by atoms with E-state index in [9.17, 15) is 0 Å². The highest BCUT2D eigenvalue weighted by Gasteiger charge is 2.27. The average Bonchev–Trinajstić information content (AvgIpc) is 3.97. The maximum Gasteiger partial charge on any atom is 0.161 e. The van der Waals surface area contributed by atoms with E-state index < -0.39 is 0 Å². The molecule has 0 aliphatic carbocycles. The molecule has 0 unspecified atom stereocenters. The Hall–Kier alpha value is -7.76. The summed E-state index contributed by atoms with van der Waals surface area (Å²) in [6, 6.07) is 67.7. The second-order valence-corrected chi connectivity index (χ2v) is 14.5. The van der Waals surface area contributed by atoms with Crippen molar-refractivity contribution < 1.29 is 13.3 Å². The number of nitrogens with zero attached hydrogens (tertiary/aromatic N) is 2. The predicted octanol–water partition coefficient (Wildman–Crippen LogP) is 15.5. The lowest BCUT2D eigenvalue weighted by atomic mass is 10.0. The first-order chi connectivity index (χ1) is 28.3. The van der Waals surface area contributed by atoms with Gasteiger partial charge in [-0.3, -0.25) is 0 Å². The van der Waals surface area contributed by atoms with Gasteiger partial charge in [-0.1, -0.05) is 103 Å². The highest BCUT2D eigenvalue weighted by Crippen LogP contribution is 2.51. The van der Waals surface area contributed by atoms with Crippen molar-refractivity contribution in [2.75, 3.05) is 9.80 Å². The Kier molecular flexibility index (Phi) is 6.86. The molecule has 3 aromatic heterocycles. The fraction of sp³-hybridized carbons (Fsp3) is 0. The average molecular weight is 733 g/mol. The van der Waals surface area contributed by atoms with E-state index in [1.54, 1.807) is 0 Å². The lowest BCUT2D eigenvalue weighted by molar-refractivity contribution is 0.668. The maximum atomic E-state index is 7.10. The minimum absolute atomic E-state index is 0.788. The summed E-state index contributed by atoms with van der Waals surface area (Å²) in [5.74, 6) is 0. The zero-order valence-corrected chi connectivity index (χ0v) is 30.6. The van der Waals surface area contributed by atoms with Crippen molar-refractivity contribution in [1.29, 1.82) is 0 Å². The first-order valence-corrected chi connectivity index (χ1v) is 19.2. The number of para-hydroxylation sites is 4. The lowest BCUT2D eigenvalue weighted by Crippen LogP contribution is -2.13. The molecule has 0 saturated heterocycles. The molecule has 0 saturated carbocycles. The van der Waals surface area contributed by atoms with Crippen LogP contribution in [-0.4, -0.2) is 0 Å². The molecule has 268 valence electrons. The van der Waals surface area contributed by atoms with Crippen molar-refractivity contribution in [2.24, 2.45) is 0 Å². The van der Waals surface area contributed by atoms with Crippen LogP contribution in [0.25, 0.3) is 76.6 Å². The zero-order valence-electron chi connectivity index (χ0n) is 30.6. The summed E-state index contributed by atoms with van der Waals surface area (Å²) >= 11 is 0. The zero-order chi connectivity index (χ0) is 37.5. The number of hydrogen-bond donors (Lipinski definition) is 0. The minimum atomic E-state index is 0.788. The highest BCUT2D eigenvalue weighted by molar-refractivity contribution is 6.26. The summed E-state index contributed by atoms with van der Waals surface area (Å²) in [5.41, 5.74) is 10.9. The van der Waals surface area contributed by atoms with Crippen LogP contribution >= 0.6 is 0 Å². The summed E-state index contributed by atoms with van der Waals surface area (Å²) in [5, 5.41) is 8.64. The molecule has 12 aromatic rings. The van der Waals surface area contributed by atoms with Crippen LogP contribution < -0.4 is 9.80 Å². The van der Waals surface area contributed by atoms with Gasteiger partial charge in [0.25, 0.3) is 0 Å². The van der Waals surface area contributed by atoms with E-state index in [1.165, 1.54) is 0 Å². The predicted molar refractivity (Wildman–Crippen MR) is 235 cm³/mol. The molecule has 57 heavy (non-hydrogen) atoms. The smallest absolute Gasteiger partial charge is 0.161 e. The summed E-state index contributed by atoms with van der Waals surface area (Å²) in [7, 11) is 0. The van der Waals surface area contributed by atoms with Gasteiger partial charge in [0.15, 0.2) is 5.58 Å². The summed E-state index contributed by atoms with van der Waals surface area (Å²) < 4.78 is 19.9.